The Morgan fingerprint density at radius 1 is 0.731 bits per heavy atom. The van der Waals surface area contributed by atoms with Crippen LogP contribution in [0.3, 0.4) is 0 Å². The van der Waals surface area contributed by atoms with Gasteiger partial charge in [0.1, 0.15) is 0 Å². The van der Waals surface area contributed by atoms with Gasteiger partial charge in [0.25, 0.3) is 0 Å². The Hall–Kier alpha value is -2.84. The summed E-state index contributed by atoms with van der Waals surface area (Å²) in [5.41, 5.74) is 2.79. The van der Waals surface area contributed by atoms with Crippen molar-refractivity contribution in [3.63, 3.8) is 0 Å². The van der Waals surface area contributed by atoms with Gasteiger partial charge >= 0.3 is 0 Å². The highest BCUT2D eigenvalue weighted by atomic mass is 79.9. The Labute approximate surface area is 170 Å². The normalized spacial score (nSPS) is 15.0. The first-order valence-corrected chi connectivity index (χ1v) is 8.89. The fourth-order valence-corrected chi connectivity index (χ4v) is 3.79. The smallest absolute Gasteiger partial charge is 0.0645 e. The van der Waals surface area contributed by atoms with Crippen molar-refractivity contribution >= 4 is 37.7 Å². The molecule has 5 aromatic rings. The van der Waals surface area contributed by atoms with Crippen molar-refractivity contribution in [2.45, 2.75) is 0 Å². The zero-order valence-electron chi connectivity index (χ0n) is 20.5. The molecule has 0 radical (unpaired) electrons. The van der Waals surface area contributed by atoms with Crippen molar-refractivity contribution in [1.82, 2.24) is 4.57 Å². The van der Waals surface area contributed by atoms with Gasteiger partial charge in [-0.2, -0.15) is 0 Å². The standard InChI is InChI=1S/C24H16BrN/c25-20-13-8-16-23-24(20)19-12-5-7-15-22(19)26(23)21-14-6-4-11-18(21)17-9-2-1-3-10-17/h1-16H/i5D,7D,8D,12D,13D,15D,16D. The highest BCUT2D eigenvalue weighted by molar-refractivity contribution is 9.10. The fourth-order valence-electron chi connectivity index (χ4n) is 3.31. The number of para-hydroxylation sites is 2. The number of aromatic nitrogens is 1. The minimum Gasteiger partial charge on any atom is -0.309 e. The molecule has 1 heterocycles. The van der Waals surface area contributed by atoms with Crippen molar-refractivity contribution in [1.29, 1.82) is 0 Å². The summed E-state index contributed by atoms with van der Waals surface area (Å²) in [4.78, 5) is 0. The maximum absolute atomic E-state index is 8.71. The summed E-state index contributed by atoms with van der Waals surface area (Å²) in [7, 11) is 0. The van der Waals surface area contributed by atoms with E-state index in [0.29, 0.717) is 11.1 Å². The monoisotopic (exact) mass is 404 g/mol. The molecule has 1 aromatic heterocycles. The number of benzene rings is 4. The molecule has 2 heteroatoms. The first-order valence-electron chi connectivity index (χ1n) is 11.6. The van der Waals surface area contributed by atoms with Crippen LogP contribution in [0.4, 0.5) is 0 Å². The van der Waals surface area contributed by atoms with Crippen molar-refractivity contribution in [2.75, 3.05) is 0 Å². The van der Waals surface area contributed by atoms with Crippen LogP contribution in [0.25, 0.3) is 38.6 Å². The SMILES string of the molecule is [2H]c1c([2H])c([2H])c2c(c1[2H])c1c(Br)c([2H])c([2H])c([2H])c1n2-c1ccccc1-c1ccccc1. The van der Waals surface area contributed by atoms with Crippen LogP contribution in [0.5, 0.6) is 0 Å². The molecule has 4 aromatic carbocycles. The average molecular weight is 405 g/mol. The zero-order chi connectivity index (χ0) is 23.6. The van der Waals surface area contributed by atoms with Crippen molar-refractivity contribution in [3.8, 4) is 16.8 Å². The predicted octanol–water partition coefficient (Wildman–Crippen LogP) is 7.21. The molecule has 0 amide bonds. The lowest BCUT2D eigenvalue weighted by Gasteiger charge is -2.14. The molecular weight excluding hydrogens is 382 g/mol. The van der Waals surface area contributed by atoms with Gasteiger partial charge in [-0.05, 0) is 29.8 Å². The van der Waals surface area contributed by atoms with E-state index in [1.54, 1.807) is 4.57 Å². The van der Waals surface area contributed by atoms with Gasteiger partial charge in [-0.25, -0.2) is 0 Å². The number of hydrogen-bond acceptors (Lipinski definition) is 0. The molecule has 0 aliphatic rings. The van der Waals surface area contributed by atoms with E-state index in [4.69, 9.17) is 9.60 Å². The minimum absolute atomic E-state index is 0.199. The van der Waals surface area contributed by atoms with Gasteiger partial charge in [-0.15, -0.1) is 0 Å². The number of hydrogen-bond donors (Lipinski definition) is 0. The molecule has 0 saturated carbocycles. The Bertz CT molecular complexity index is 1520. The first-order chi connectivity index (χ1) is 15.8. The van der Waals surface area contributed by atoms with Crippen molar-refractivity contribution < 1.29 is 9.60 Å². The van der Waals surface area contributed by atoms with Crippen LogP contribution in [0.1, 0.15) is 9.60 Å². The average Bonchev–Trinajstić information content (AvgIpc) is 3.20. The molecule has 0 aliphatic carbocycles. The lowest BCUT2D eigenvalue weighted by atomic mass is 10.0. The largest absolute Gasteiger partial charge is 0.309 e. The number of nitrogens with zero attached hydrogens (tertiary/aromatic N) is 1. The third-order valence-corrected chi connectivity index (χ3v) is 5.00. The summed E-state index contributed by atoms with van der Waals surface area (Å²) in [6.07, 6.45) is 0. The minimum atomic E-state index is -0.386. The Morgan fingerprint density at radius 2 is 1.46 bits per heavy atom. The second-order valence-corrected chi connectivity index (χ2v) is 6.65. The molecule has 26 heavy (non-hydrogen) atoms. The van der Waals surface area contributed by atoms with E-state index in [-0.39, 0.29) is 63.2 Å². The quantitative estimate of drug-likeness (QED) is 0.292. The van der Waals surface area contributed by atoms with E-state index in [0.717, 1.165) is 11.1 Å². The Morgan fingerprint density at radius 3 is 2.35 bits per heavy atom. The molecule has 0 fully saturated rings. The molecule has 0 bridgehead atoms. The van der Waals surface area contributed by atoms with Crippen LogP contribution in [0.15, 0.2) is 101 Å². The second kappa shape index (κ2) is 6.15. The summed E-state index contributed by atoms with van der Waals surface area (Å²) in [5, 5.41) is 0.540. The van der Waals surface area contributed by atoms with Gasteiger partial charge in [0.05, 0.1) is 26.3 Å². The summed E-state index contributed by atoms with van der Waals surface area (Å²) < 4.78 is 60.9. The van der Waals surface area contributed by atoms with E-state index in [9.17, 15) is 0 Å². The van der Waals surface area contributed by atoms with Crippen LogP contribution < -0.4 is 0 Å². The van der Waals surface area contributed by atoms with Crippen LogP contribution in [-0.2, 0) is 0 Å². The van der Waals surface area contributed by atoms with Crippen LogP contribution >= 0.6 is 15.9 Å². The maximum atomic E-state index is 8.71. The molecule has 0 spiro atoms. The second-order valence-electron chi connectivity index (χ2n) is 5.85. The maximum Gasteiger partial charge on any atom is 0.0645 e. The van der Waals surface area contributed by atoms with Crippen molar-refractivity contribution in [2.24, 2.45) is 0 Å². The summed E-state index contributed by atoms with van der Waals surface area (Å²) in [5.74, 6) is 0. The topological polar surface area (TPSA) is 4.93 Å². The lowest BCUT2D eigenvalue weighted by Crippen LogP contribution is -1.96. The summed E-state index contributed by atoms with van der Waals surface area (Å²) in [6.45, 7) is 0. The predicted molar refractivity (Wildman–Crippen MR) is 114 cm³/mol. The third kappa shape index (κ3) is 2.30. The lowest BCUT2D eigenvalue weighted by molar-refractivity contribution is 1.18. The van der Waals surface area contributed by atoms with Crippen molar-refractivity contribution in [3.05, 3.63) is 101 Å². The highest BCUT2D eigenvalue weighted by Crippen LogP contribution is 2.38. The van der Waals surface area contributed by atoms with E-state index in [2.05, 4.69) is 15.9 Å². The molecule has 0 N–H and O–H groups in total. The van der Waals surface area contributed by atoms with E-state index < -0.39 is 0 Å². The first kappa shape index (κ1) is 9.75. The Balaban J connectivity index is 2.11. The molecular formula is C24H16BrN. The number of fused-ring (bicyclic) bond motifs is 3. The van der Waals surface area contributed by atoms with Gasteiger partial charge in [0.2, 0.25) is 0 Å². The van der Waals surface area contributed by atoms with Gasteiger partial charge in [-0.1, -0.05) is 88.6 Å². The van der Waals surface area contributed by atoms with Gasteiger partial charge in [-0.3, -0.25) is 0 Å². The van der Waals surface area contributed by atoms with Crippen LogP contribution in [-0.4, -0.2) is 4.57 Å². The molecule has 0 atom stereocenters. The fraction of sp³-hybridized carbons (Fsp3) is 0. The zero-order valence-corrected chi connectivity index (χ0v) is 15.1. The molecule has 5 rings (SSSR count). The summed E-state index contributed by atoms with van der Waals surface area (Å²) in [6, 6.07) is 15.1. The van der Waals surface area contributed by atoms with Crippen LogP contribution in [0, 0.1) is 0 Å². The van der Waals surface area contributed by atoms with E-state index in [1.807, 2.05) is 54.6 Å². The molecule has 0 unspecified atom stereocenters. The van der Waals surface area contributed by atoms with E-state index >= 15 is 0 Å². The van der Waals surface area contributed by atoms with Crippen LogP contribution in [0.2, 0.25) is 0 Å². The number of halogens is 1. The molecule has 124 valence electrons. The Kier molecular flexibility index (Phi) is 2.31. The summed E-state index contributed by atoms with van der Waals surface area (Å²) >= 11 is 3.38. The van der Waals surface area contributed by atoms with E-state index in [1.165, 1.54) is 0 Å². The molecule has 1 nitrogen and oxygen atoms in total. The highest BCUT2D eigenvalue weighted by Gasteiger charge is 2.16. The van der Waals surface area contributed by atoms with Gasteiger partial charge in [0, 0.05) is 20.8 Å². The third-order valence-electron chi connectivity index (χ3n) is 4.40. The van der Waals surface area contributed by atoms with Gasteiger partial charge < -0.3 is 4.57 Å². The van der Waals surface area contributed by atoms with Gasteiger partial charge in [0.15, 0.2) is 0 Å². The molecule has 0 saturated heterocycles. The number of rotatable bonds is 2. The molecule has 0 aliphatic heterocycles.